The highest BCUT2D eigenvalue weighted by Crippen LogP contribution is 2.22. The highest BCUT2D eigenvalue weighted by molar-refractivity contribution is 5.93. The number of aromatic nitrogens is 3. The molecule has 1 unspecified atom stereocenters. The van der Waals surface area contributed by atoms with Gasteiger partial charge in [-0.1, -0.05) is 37.3 Å². The molecule has 166 valence electrons. The van der Waals surface area contributed by atoms with E-state index >= 15 is 0 Å². The smallest absolute Gasteiger partial charge is 0.274 e. The fraction of sp³-hybridized carbons (Fsp3) is 0.360. The molecule has 1 saturated heterocycles. The molecule has 1 aliphatic heterocycles. The molecular weight excluding hydrogens is 402 g/mol. The number of imidazole rings is 1. The van der Waals surface area contributed by atoms with Gasteiger partial charge in [0.1, 0.15) is 5.69 Å². The Morgan fingerprint density at radius 2 is 1.94 bits per heavy atom. The Kier molecular flexibility index (Phi) is 6.63. The molecule has 3 heterocycles. The molecule has 0 bridgehead atoms. The summed E-state index contributed by atoms with van der Waals surface area (Å²) in [5.74, 6) is -0.269. The lowest BCUT2D eigenvalue weighted by atomic mass is 9.96. The van der Waals surface area contributed by atoms with Crippen molar-refractivity contribution >= 4 is 11.8 Å². The van der Waals surface area contributed by atoms with E-state index in [2.05, 4.69) is 41.2 Å². The normalized spacial score (nSPS) is 16.8. The molecular formula is C25H29N5O2. The first kappa shape index (κ1) is 21.7. The third-order valence-electron chi connectivity index (χ3n) is 5.88. The fourth-order valence-corrected chi connectivity index (χ4v) is 4.21. The van der Waals surface area contributed by atoms with E-state index < -0.39 is 0 Å². The van der Waals surface area contributed by atoms with Crippen molar-refractivity contribution in [3.05, 3.63) is 72.6 Å². The van der Waals surface area contributed by atoms with Crippen LogP contribution in [0, 0.1) is 5.92 Å². The van der Waals surface area contributed by atoms with Gasteiger partial charge >= 0.3 is 0 Å². The van der Waals surface area contributed by atoms with Crippen LogP contribution >= 0.6 is 0 Å². The second kappa shape index (κ2) is 9.77. The van der Waals surface area contributed by atoms with Crippen LogP contribution in [0.3, 0.4) is 0 Å². The molecule has 3 aromatic rings. The summed E-state index contributed by atoms with van der Waals surface area (Å²) in [6.07, 6.45) is 8.44. The van der Waals surface area contributed by atoms with Crippen molar-refractivity contribution in [2.45, 2.75) is 19.8 Å². The lowest BCUT2D eigenvalue weighted by molar-refractivity contribution is -0.134. The summed E-state index contributed by atoms with van der Waals surface area (Å²) >= 11 is 0. The number of carbonyl (C=O) groups excluding carboxylic acids is 2. The van der Waals surface area contributed by atoms with E-state index in [0.29, 0.717) is 38.3 Å². The van der Waals surface area contributed by atoms with Crippen molar-refractivity contribution in [2.75, 3.05) is 26.2 Å². The minimum atomic E-state index is -0.277. The standard InChI is InChI=1S/C25H29N5O2/c1-3-11-29-12-13-30(25(32)23-17-28(2)18-27-23)16-22(24(29)31)14-19-6-8-20(9-7-19)21-5-4-10-26-15-21/h4-10,15,17-18,22H,3,11-14,16H2,1-2H3. The van der Waals surface area contributed by atoms with E-state index in [1.807, 2.05) is 30.3 Å². The minimum Gasteiger partial charge on any atom is -0.341 e. The second-order valence-corrected chi connectivity index (χ2v) is 8.34. The van der Waals surface area contributed by atoms with Crippen molar-refractivity contribution in [1.29, 1.82) is 0 Å². The molecule has 0 radical (unpaired) electrons. The predicted octanol–water partition coefficient (Wildman–Crippen LogP) is 3.04. The van der Waals surface area contributed by atoms with Gasteiger partial charge in [0.25, 0.3) is 5.91 Å². The van der Waals surface area contributed by atoms with Gasteiger partial charge in [-0.05, 0) is 35.6 Å². The van der Waals surface area contributed by atoms with Gasteiger partial charge < -0.3 is 14.4 Å². The largest absolute Gasteiger partial charge is 0.341 e. The van der Waals surface area contributed by atoms with Gasteiger partial charge in [-0.2, -0.15) is 0 Å². The van der Waals surface area contributed by atoms with Gasteiger partial charge in [0.2, 0.25) is 5.91 Å². The van der Waals surface area contributed by atoms with Gasteiger partial charge in [-0.3, -0.25) is 14.6 Å². The van der Waals surface area contributed by atoms with E-state index in [0.717, 1.165) is 23.1 Å². The number of nitrogens with zero attached hydrogens (tertiary/aromatic N) is 5. The average molecular weight is 432 g/mol. The molecule has 1 aliphatic rings. The molecule has 4 rings (SSSR count). The third kappa shape index (κ3) is 4.88. The number of aryl methyl sites for hydroxylation is 1. The van der Waals surface area contributed by atoms with E-state index in [9.17, 15) is 9.59 Å². The van der Waals surface area contributed by atoms with E-state index in [1.165, 1.54) is 0 Å². The van der Waals surface area contributed by atoms with Crippen LogP contribution in [0.2, 0.25) is 0 Å². The van der Waals surface area contributed by atoms with Crippen LogP contribution in [-0.2, 0) is 18.3 Å². The molecule has 1 aromatic carbocycles. The van der Waals surface area contributed by atoms with Gasteiger partial charge in [0.15, 0.2) is 0 Å². The van der Waals surface area contributed by atoms with E-state index in [-0.39, 0.29) is 17.7 Å². The first-order valence-electron chi connectivity index (χ1n) is 11.1. The lowest BCUT2D eigenvalue weighted by Gasteiger charge is -2.23. The van der Waals surface area contributed by atoms with Crippen molar-refractivity contribution in [3.63, 3.8) is 0 Å². The number of carbonyl (C=O) groups is 2. The number of amides is 2. The van der Waals surface area contributed by atoms with Crippen LogP contribution in [0.15, 0.2) is 61.3 Å². The van der Waals surface area contributed by atoms with E-state index in [4.69, 9.17) is 0 Å². The molecule has 7 heteroatoms. The molecule has 0 saturated carbocycles. The number of rotatable bonds is 6. The van der Waals surface area contributed by atoms with Crippen LogP contribution in [0.1, 0.15) is 29.4 Å². The van der Waals surface area contributed by atoms with Gasteiger partial charge in [0.05, 0.1) is 12.2 Å². The van der Waals surface area contributed by atoms with Gasteiger partial charge in [0, 0.05) is 51.8 Å². The van der Waals surface area contributed by atoms with Gasteiger partial charge in [-0.15, -0.1) is 0 Å². The minimum absolute atomic E-state index is 0.117. The summed E-state index contributed by atoms with van der Waals surface area (Å²) in [5.41, 5.74) is 3.66. The Bertz CT molecular complexity index is 1060. The zero-order valence-electron chi connectivity index (χ0n) is 18.6. The Hall–Kier alpha value is -3.48. The zero-order valence-corrected chi connectivity index (χ0v) is 18.6. The summed E-state index contributed by atoms with van der Waals surface area (Å²) < 4.78 is 1.76. The van der Waals surface area contributed by atoms with Crippen LogP contribution in [0.25, 0.3) is 11.1 Å². The van der Waals surface area contributed by atoms with Crippen molar-refractivity contribution in [2.24, 2.45) is 13.0 Å². The SMILES string of the molecule is CCCN1CCN(C(=O)c2cn(C)cn2)CC(Cc2ccc(-c3cccnc3)cc2)C1=O. The lowest BCUT2D eigenvalue weighted by Crippen LogP contribution is -2.38. The second-order valence-electron chi connectivity index (χ2n) is 8.34. The molecule has 32 heavy (non-hydrogen) atoms. The summed E-state index contributed by atoms with van der Waals surface area (Å²) in [6.45, 7) is 4.26. The quantitative estimate of drug-likeness (QED) is 0.602. The molecule has 1 atom stereocenters. The van der Waals surface area contributed by atoms with Crippen LogP contribution in [-0.4, -0.2) is 62.3 Å². The number of hydrogen-bond donors (Lipinski definition) is 0. The molecule has 0 spiro atoms. The maximum atomic E-state index is 13.3. The highest BCUT2D eigenvalue weighted by Gasteiger charge is 2.32. The monoisotopic (exact) mass is 431 g/mol. The molecule has 0 aliphatic carbocycles. The van der Waals surface area contributed by atoms with Crippen LogP contribution < -0.4 is 0 Å². The number of benzene rings is 1. The van der Waals surface area contributed by atoms with Crippen molar-refractivity contribution in [3.8, 4) is 11.1 Å². The first-order chi connectivity index (χ1) is 15.5. The fourth-order valence-electron chi connectivity index (χ4n) is 4.21. The Morgan fingerprint density at radius 1 is 1.12 bits per heavy atom. The third-order valence-corrected chi connectivity index (χ3v) is 5.88. The number of hydrogen-bond acceptors (Lipinski definition) is 4. The van der Waals surface area contributed by atoms with Crippen LogP contribution in [0.5, 0.6) is 0 Å². The molecule has 2 amide bonds. The molecule has 0 N–H and O–H groups in total. The molecule has 2 aromatic heterocycles. The summed E-state index contributed by atoms with van der Waals surface area (Å²) in [5, 5.41) is 0. The van der Waals surface area contributed by atoms with Crippen molar-refractivity contribution in [1.82, 2.24) is 24.3 Å². The highest BCUT2D eigenvalue weighted by atomic mass is 16.2. The molecule has 1 fully saturated rings. The average Bonchev–Trinajstić information content (AvgIpc) is 3.20. The summed E-state index contributed by atoms with van der Waals surface area (Å²) in [6, 6.07) is 12.2. The maximum Gasteiger partial charge on any atom is 0.274 e. The predicted molar refractivity (Wildman–Crippen MR) is 123 cm³/mol. The number of pyridine rings is 1. The van der Waals surface area contributed by atoms with Crippen molar-refractivity contribution < 1.29 is 9.59 Å². The Labute approximate surface area is 188 Å². The molecule has 7 nitrogen and oxygen atoms in total. The van der Waals surface area contributed by atoms with Crippen LogP contribution in [0.4, 0.5) is 0 Å². The van der Waals surface area contributed by atoms with Gasteiger partial charge in [-0.25, -0.2) is 4.98 Å². The Balaban J connectivity index is 1.53. The zero-order chi connectivity index (χ0) is 22.5. The topological polar surface area (TPSA) is 71.3 Å². The summed E-state index contributed by atoms with van der Waals surface area (Å²) in [7, 11) is 1.84. The summed E-state index contributed by atoms with van der Waals surface area (Å²) in [4.78, 5) is 38.4. The van der Waals surface area contributed by atoms with E-state index in [1.54, 1.807) is 28.2 Å². The Morgan fingerprint density at radius 3 is 2.59 bits per heavy atom. The maximum absolute atomic E-state index is 13.3. The first-order valence-corrected chi connectivity index (χ1v) is 11.1.